The predicted molar refractivity (Wildman–Crippen MR) is 69.7 cm³/mol. The van der Waals surface area contributed by atoms with E-state index in [1.165, 1.54) is 71.1 Å². The fraction of sp³-hybridized carbons (Fsp3) is 1.00. The molecule has 0 radical (unpaired) electrons. The third-order valence-electron chi connectivity index (χ3n) is 4.24. The Labute approximate surface area is 101 Å². The van der Waals surface area contributed by atoms with Crippen molar-refractivity contribution in [3.8, 4) is 0 Å². The Bertz CT molecular complexity index is 181. The first kappa shape index (κ1) is 12.4. The molecule has 0 amide bonds. The number of hydrogen-bond acceptors (Lipinski definition) is 2. The van der Waals surface area contributed by atoms with Gasteiger partial charge in [-0.2, -0.15) is 0 Å². The molecular formula is C14H28N2. The van der Waals surface area contributed by atoms with E-state index in [1.54, 1.807) is 0 Å². The monoisotopic (exact) mass is 224 g/mol. The number of nitrogens with one attached hydrogen (secondary N) is 1. The topological polar surface area (TPSA) is 15.3 Å². The van der Waals surface area contributed by atoms with Crippen molar-refractivity contribution in [2.45, 2.75) is 57.9 Å². The highest BCUT2D eigenvalue weighted by molar-refractivity contribution is 4.81. The standard InChI is InChI=1S/C14H28N2/c1-2-10-16(14-7-3-4-8-14)12-13-6-5-9-15-11-13/h13-15H,2-12H2,1H3. The molecule has 0 aromatic rings. The molecule has 0 spiro atoms. The van der Waals surface area contributed by atoms with Crippen LogP contribution in [0.5, 0.6) is 0 Å². The Morgan fingerprint density at radius 3 is 2.56 bits per heavy atom. The van der Waals surface area contributed by atoms with Crippen LogP contribution in [0, 0.1) is 5.92 Å². The maximum Gasteiger partial charge on any atom is 0.00953 e. The van der Waals surface area contributed by atoms with Crippen LogP contribution in [0.2, 0.25) is 0 Å². The van der Waals surface area contributed by atoms with E-state index in [1.807, 2.05) is 0 Å². The normalized spacial score (nSPS) is 27.8. The highest BCUT2D eigenvalue weighted by Crippen LogP contribution is 2.25. The van der Waals surface area contributed by atoms with E-state index < -0.39 is 0 Å². The summed E-state index contributed by atoms with van der Waals surface area (Å²) in [6.07, 6.45) is 9.99. The zero-order valence-electron chi connectivity index (χ0n) is 10.9. The van der Waals surface area contributed by atoms with E-state index in [9.17, 15) is 0 Å². The molecule has 16 heavy (non-hydrogen) atoms. The van der Waals surface area contributed by atoms with Gasteiger partial charge in [0.25, 0.3) is 0 Å². The van der Waals surface area contributed by atoms with E-state index in [4.69, 9.17) is 0 Å². The van der Waals surface area contributed by atoms with Gasteiger partial charge >= 0.3 is 0 Å². The summed E-state index contributed by atoms with van der Waals surface area (Å²) in [4.78, 5) is 2.80. The van der Waals surface area contributed by atoms with Crippen LogP contribution in [0.3, 0.4) is 0 Å². The maximum atomic E-state index is 3.55. The number of hydrogen-bond donors (Lipinski definition) is 1. The van der Waals surface area contributed by atoms with Gasteiger partial charge in [-0.15, -0.1) is 0 Å². The fourth-order valence-electron chi connectivity index (χ4n) is 3.39. The summed E-state index contributed by atoms with van der Waals surface area (Å²) in [6, 6.07) is 0.918. The first-order chi connectivity index (χ1) is 7.90. The molecule has 1 saturated heterocycles. The van der Waals surface area contributed by atoms with E-state index >= 15 is 0 Å². The molecule has 1 saturated carbocycles. The predicted octanol–water partition coefficient (Wildman–Crippen LogP) is 2.64. The lowest BCUT2D eigenvalue weighted by molar-refractivity contribution is 0.155. The van der Waals surface area contributed by atoms with Crippen LogP contribution in [-0.2, 0) is 0 Å². The van der Waals surface area contributed by atoms with Gasteiger partial charge < -0.3 is 10.2 Å². The Hall–Kier alpha value is -0.0800. The van der Waals surface area contributed by atoms with Crippen LogP contribution in [0.15, 0.2) is 0 Å². The summed E-state index contributed by atoms with van der Waals surface area (Å²) in [6.45, 7) is 7.49. The molecule has 2 heteroatoms. The van der Waals surface area contributed by atoms with Gasteiger partial charge in [0.15, 0.2) is 0 Å². The van der Waals surface area contributed by atoms with E-state index in [2.05, 4.69) is 17.1 Å². The van der Waals surface area contributed by atoms with E-state index in [0.29, 0.717) is 0 Å². The second-order valence-electron chi connectivity index (χ2n) is 5.65. The molecule has 94 valence electrons. The van der Waals surface area contributed by atoms with Gasteiger partial charge in [0.2, 0.25) is 0 Å². The second-order valence-corrected chi connectivity index (χ2v) is 5.65. The first-order valence-electron chi connectivity index (χ1n) is 7.35. The highest BCUT2D eigenvalue weighted by Gasteiger charge is 2.24. The fourth-order valence-corrected chi connectivity index (χ4v) is 3.39. The van der Waals surface area contributed by atoms with E-state index in [0.717, 1.165) is 12.0 Å². The van der Waals surface area contributed by atoms with Gasteiger partial charge in [-0.25, -0.2) is 0 Å². The molecule has 2 nitrogen and oxygen atoms in total. The maximum absolute atomic E-state index is 3.55. The molecule has 1 unspecified atom stereocenters. The molecule has 2 rings (SSSR count). The molecule has 1 aliphatic carbocycles. The average Bonchev–Trinajstić information content (AvgIpc) is 2.83. The minimum Gasteiger partial charge on any atom is -0.316 e. The summed E-state index contributed by atoms with van der Waals surface area (Å²) in [7, 11) is 0. The van der Waals surface area contributed by atoms with Crippen molar-refractivity contribution in [3.63, 3.8) is 0 Å². The lowest BCUT2D eigenvalue weighted by atomic mass is 9.98. The largest absolute Gasteiger partial charge is 0.316 e. The van der Waals surface area contributed by atoms with Crippen molar-refractivity contribution in [3.05, 3.63) is 0 Å². The van der Waals surface area contributed by atoms with Crippen molar-refractivity contribution < 1.29 is 0 Å². The molecule has 0 aromatic heterocycles. The zero-order chi connectivity index (χ0) is 11.2. The molecule has 1 N–H and O–H groups in total. The number of rotatable bonds is 5. The van der Waals surface area contributed by atoms with Gasteiger partial charge in [0, 0.05) is 12.6 Å². The summed E-state index contributed by atoms with van der Waals surface area (Å²) in [5.74, 6) is 0.917. The number of nitrogens with zero attached hydrogens (tertiary/aromatic N) is 1. The minimum atomic E-state index is 0.917. The molecule has 1 aliphatic heterocycles. The Morgan fingerprint density at radius 1 is 1.12 bits per heavy atom. The lowest BCUT2D eigenvalue weighted by Gasteiger charge is -2.34. The second kappa shape index (κ2) is 6.61. The molecule has 0 aromatic carbocycles. The van der Waals surface area contributed by atoms with Crippen molar-refractivity contribution >= 4 is 0 Å². The smallest absolute Gasteiger partial charge is 0.00953 e. The van der Waals surface area contributed by atoms with Crippen LogP contribution in [0.4, 0.5) is 0 Å². The summed E-state index contributed by atoms with van der Waals surface area (Å²) in [5, 5.41) is 3.55. The summed E-state index contributed by atoms with van der Waals surface area (Å²) < 4.78 is 0. The molecule has 2 fully saturated rings. The number of piperidine rings is 1. The highest BCUT2D eigenvalue weighted by atomic mass is 15.2. The molecule has 0 bridgehead atoms. The Morgan fingerprint density at radius 2 is 1.94 bits per heavy atom. The molecule has 1 heterocycles. The van der Waals surface area contributed by atoms with Crippen molar-refractivity contribution in [1.29, 1.82) is 0 Å². The zero-order valence-corrected chi connectivity index (χ0v) is 10.9. The first-order valence-corrected chi connectivity index (χ1v) is 7.35. The lowest BCUT2D eigenvalue weighted by Crippen LogP contribution is -2.42. The van der Waals surface area contributed by atoms with Crippen LogP contribution in [-0.4, -0.2) is 37.1 Å². The molecule has 2 aliphatic rings. The van der Waals surface area contributed by atoms with Crippen molar-refractivity contribution in [2.75, 3.05) is 26.2 Å². The third-order valence-corrected chi connectivity index (χ3v) is 4.24. The van der Waals surface area contributed by atoms with Crippen LogP contribution in [0.1, 0.15) is 51.9 Å². The SMILES string of the molecule is CCCN(CC1CCCNC1)C1CCCC1. The van der Waals surface area contributed by atoms with Crippen LogP contribution >= 0.6 is 0 Å². The molecular weight excluding hydrogens is 196 g/mol. The third kappa shape index (κ3) is 3.46. The Balaban J connectivity index is 1.80. The summed E-state index contributed by atoms with van der Waals surface area (Å²) in [5.41, 5.74) is 0. The van der Waals surface area contributed by atoms with Crippen molar-refractivity contribution in [2.24, 2.45) is 5.92 Å². The average molecular weight is 224 g/mol. The Kier molecular flexibility index (Phi) is 5.11. The van der Waals surface area contributed by atoms with Crippen LogP contribution in [0.25, 0.3) is 0 Å². The minimum absolute atomic E-state index is 0.917. The van der Waals surface area contributed by atoms with Gasteiger partial charge in [-0.1, -0.05) is 19.8 Å². The summed E-state index contributed by atoms with van der Waals surface area (Å²) >= 11 is 0. The van der Waals surface area contributed by atoms with Gasteiger partial charge in [-0.3, -0.25) is 0 Å². The van der Waals surface area contributed by atoms with E-state index in [-0.39, 0.29) is 0 Å². The molecule has 1 atom stereocenters. The van der Waals surface area contributed by atoms with Gasteiger partial charge in [0.1, 0.15) is 0 Å². The quantitative estimate of drug-likeness (QED) is 0.772. The van der Waals surface area contributed by atoms with Crippen molar-refractivity contribution in [1.82, 2.24) is 10.2 Å². The van der Waals surface area contributed by atoms with Gasteiger partial charge in [0.05, 0.1) is 0 Å². The van der Waals surface area contributed by atoms with Crippen LogP contribution < -0.4 is 5.32 Å². The van der Waals surface area contributed by atoms with Gasteiger partial charge in [-0.05, 0) is 57.7 Å².